The summed E-state index contributed by atoms with van der Waals surface area (Å²) in [7, 11) is -2.46. The van der Waals surface area contributed by atoms with Gasteiger partial charge in [0.1, 0.15) is 0 Å². The van der Waals surface area contributed by atoms with Crippen molar-refractivity contribution in [2.24, 2.45) is 0 Å². The Kier molecular flexibility index (Phi) is 9.80. The Labute approximate surface area is 264 Å². The van der Waals surface area contributed by atoms with Crippen LogP contribution in [0.3, 0.4) is 0 Å². The van der Waals surface area contributed by atoms with Crippen LogP contribution in [-0.2, 0) is 28.7 Å². The first-order valence-corrected chi connectivity index (χ1v) is 17.6. The van der Waals surface area contributed by atoms with Crippen LogP contribution in [0.15, 0.2) is 138 Å². The Morgan fingerprint density at radius 1 is 0.674 bits per heavy atom. The molecule has 0 aliphatic carbocycles. The van der Waals surface area contributed by atoms with E-state index in [2.05, 4.69) is 125 Å². The fourth-order valence-electron chi connectivity index (χ4n) is 5.67. The second-order valence-electron chi connectivity index (χ2n) is 11.8. The van der Waals surface area contributed by atoms with E-state index >= 15 is 0 Å². The van der Waals surface area contributed by atoms with Crippen molar-refractivity contribution in [3.63, 3.8) is 0 Å². The van der Waals surface area contributed by atoms with E-state index in [1.807, 2.05) is 45.0 Å². The van der Waals surface area contributed by atoms with E-state index in [-0.39, 0.29) is 12.4 Å². The van der Waals surface area contributed by atoms with E-state index in [1.165, 1.54) is 21.5 Å². The SMILES string of the molecule is CC(C)(C)OC(=O)Cc1ccccc1OCc1cc(Br)cc(C[PH](c2ccccc2)(c2ccccc2)c2ccccc2)c1. The van der Waals surface area contributed by atoms with Gasteiger partial charge >= 0.3 is 245 Å². The number of benzene rings is 5. The topological polar surface area (TPSA) is 35.5 Å². The van der Waals surface area contributed by atoms with Gasteiger partial charge in [-0.05, 0) is 20.8 Å². The molecular weight excluding hydrogens is 615 g/mol. The fourth-order valence-corrected chi connectivity index (χ4v) is 11.0. The summed E-state index contributed by atoms with van der Waals surface area (Å²) in [6.45, 7) is 6.02. The molecule has 0 aliphatic rings. The molecule has 5 rings (SSSR count). The van der Waals surface area contributed by atoms with Gasteiger partial charge in [-0.15, -0.1) is 0 Å². The third kappa shape index (κ3) is 7.82. The number of hydrogen-bond donors (Lipinski definition) is 0. The van der Waals surface area contributed by atoms with E-state index in [1.54, 1.807) is 0 Å². The van der Waals surface area contributed by atoms with Crippen molar-refractivity contribution in [2.45, 2.75) is 45.6 Å². The van der Waals surface area contributed by atoms with Crippen LogP contribution in [0.25, 0.3) is 0 Å². The van der Waals surface area contributed by atoms with Gasteiger partial charge in [-0.25, -0.2) is 0 Å². The van der Waals surface area contributed by atoms with Crippen molar-refractivity contribution >= 4 is 45.1 Å². The standard InChI is InChI=1S/C38H38BrO3P/c1-38(2,3)42-37(40)26-31-15-13-14-22-36(31)41-27-29-23-30(25-32(39)24-29)28-43(33-16-7-4-8-17-33,34-18-9-5-10-19-34)35-20-11-6-12-21-35/h4-25,43H,26-28H2,1-3H3. The number of esters is 1. The normalized spacial score (nSPS) is 12.0. The summed E-state index contributed by atoms with van der Waals surface area (Å²) in [5.74, 6) is 0.425. The summed E-state index contributed by atoms with van der Waals surface area (Å²) in [4.78, 5) is 12.5. The zero-order valence-electron chi connectivity index (χ0n) is 24.9. The number of rotatable bonds is 10. The third-order valence-electron chi connectivity index (χ3n) is 7.41. The molecule has 5 aromatic rings. The van der Waals surface area contributed by atoms with Crippen molar-refractivity contribution in [3.8, 4) is 5.75 Å². The predicted molar refractivity (Wildman–Crippen MR) is 185 cm³/mol. The fraction of sp³-hybridized carbons (Fsp3) is 0.184. The summed E-state index contributed by atoms with van der Waals surface area (Å²) in [5, 5.41) is 4.13. The van der Waals surface area contributed by atoms with Gasteiger partial charge < -0.3 is 0 Å². The molecule has 0 N–H and O–H groups in total. The molecule has 0 atom stereocenters. The van der Waals surface area contributed by atoms with Crippen molar-refractivity contribution in [3.05, 3.63) is 155 Å². The molecule has 0 heterocycles. The Hall–Kier alpha value is -3.72. The van der Waals surface area contributed by atoms with Crippen LogP contribution in [0.4, 0.5) is 0 Å². The molecule has 0 bridgehead atoms. The van der Waals surface area contributed by atoms with Crippen LogP contribution < -0.4 is 20.7 Å². The van der Waals surface area contributed by atoms with Crippen LogP contribution in [0, 0.1) is 0 Å². The van der Waals surface area contributed by atoms with Gasteiger partial charge in [0.15, 0.2) is 0 Å². The molecule has 0 saturated heterocycles. The van der Waals surface area contributed by atoms with Crippen LogP contribution in [-0.4, -0.2) is 11.6 Å². The number of hydrogen-bond acceptors (Lipinski definition) is 3. The molecule has 0 radical (unpaired) electrons. The Morgan fingerprint density at radius 2 is 1.16 bits per heavy atom. The van der Waals surface area contributed by atoms with Gasteiger partial charge in [-0.2, -0.15) is 0 Å². The summed E-state index contributed by atoms with van der Waals surface area (Å²) >= 11 is 3.79. The summed E-state index contributed by atoms with van der Waals surface area (Å²) < 4.78 is 12.9. The molecular formula is C38H38BrO3P. The van der Waals surface area contributed by atoms with Crippen molar-refractivity contribution < 1.29 is 14.3 Å². The van der Waals surface area contributed by atoms with Crippen LogP contribution in [0.5, 0.6) is 5.75 Å². The average molecular weight is 654 g/mol. The molecule has 43 heavy (non-hydrogen) atoms. The number of para-hydroxylation sites is 1. The molecule has 0 amide bonds. The maximum atomic E-state index is 12.5. The summed E-state index contributed by atoms with van der Waals surface area (Å²) in [5.41, 5.74) is 2.60. The molecule has 0 unspecified atom stereocenters. The van der Waals surface area contributed by atoms with Gasteiger partial charge in [0, 0.05) is 0 Å². The van der Waals surface area contributed by atoms with Gasteiger partial charge in [-0.1, -0.05) is 0 Å². The van der Waals surface area contributed by atoms with E-state index < -0.39 is 12.9 Å². The maximum absolute atomic E-state index is 12.5. The molecule has 5 aromatic carbocycles. The van der Waals surface area contributed by atoms with Gasteiger partial charge in [-0.3, -0.25) is 0 Å². The zero-order valence-corrected chi connectivity index (χ0v) is 27.5. The average Bonchev–Trinajstić information content (AvgIpc) is 2.99. The van der Waals surface area contributed by atoms with E-state index in [4.69, 9.17) is 9.47 Å². The molecule has 0 aromatic heterocycles. The van der Waals surface area contributed by atoms with E-state index in [9.17, 15) is 4.79 Å². The van der Waals surface area contributed by atoms with E-state index in [0.717, 1.165) is 21.8 Å². The predicted octanol–water partition coefficient (Wildman–Crippen LogP) is 8.14. The first-order chi connectivity index (χ1) is 20.7. The minimum atomic E-state index is -2.46. The number of carbonyl (C=O) groups excluding carboxylic acids is 1. The third-order valence-corrected chi connectivity index (χ3v) is 12.8. The van der Waals surface area contributed by atoms with Crippen LogP contribution >= 0.6 is 23.2 Å². The second kappa shape index (κ2) is 13.7. The van der Waals surface area contributed by atoms with Crippen LogP contribution in [0.2, 0.25) is 0 Å². The van der Waals surface area contributed by atoms with Gasteiger partial charge in [0.2, 0.25) is 0 Å². The molecule has 3 nitrogen and oxygen atoms in total. The van der Waals surface area contributed by atoms with Crippen molar-refractivity contribution in [1.82, 2.24) is 0 Å². The molecule has 0 spiro atoms. The number of carbonyl (C=O) groups is 1. The van der Waals surface area contributed by atoms with E-state index in [0.29, 0.717) is 12.4 Å². The zero-order chi connectivity index (χ0) is 30.3. The molecule has 0 fully saturated rings. The monoisotopic (exact) mass is 652 g/mol. The Bertz CT molecular complexity index is 1550. The Balaban J connectivity index is 1.47. The molecule has 0 saturated carbocycles. The van der Waals surface area contributed by atoms with Gasteiger partial charge in [0.25, 0.3) is 0 Å². The second-order valence-corrected chi connectivity index (χ2v) is 16.6. The molecule has 220 valence electrons. The minimum absolute atomic E-state index is 0.163. The van der Waals surface area contributed by atoms with Crippen molar-refractivity contribution in [1.29, 1.82) is 0 Å². The first kappa shape index (κ1) is 30.7. The quantitative estimate of drug-likeness (QED) is 0.113. The molecule has 5 heteroatoms. The first-order valence-electron chi connectivity index (χ1n) is 14.6. The van der Waals surface area contributed by atoms with Gasteiger partial charge in [0.05, 0.1) is 0 Å². The number of ether oxygens (including phenoxy) is 2. The molecule has 0 aliphatic heterocycles. The Morgan fingerprint density at radius 3 is 1.70 bits per heavy atom. The number of halogens is 1. The summed E-state index contributed by atoms with van der Waals surface area (Å²) in [6, 6.07) is 47.2. The summed E-state index contributed by atoms with van der Waals surface area (Å²) in [6.07, 6.45) is 1.06. The van der Waals surface area contributed by atoms with Crippen LogP contribution in [0.1, 0.15) is 37.5 Å². The van der Waals surface area contributed by atoms with Crippen molar-refractivity contribution in [2.75, 3.05) is 0 Å².